The molecule has 3 aromatic carbocycles. The summed E-state index contributed by atoms with van der Waals surface area (Å²) in [6.45, 7) is 4.37. The lowest BCUT2D eigenvalue weighted by Crippen LogP contribution is -2.68. The molecule has 182 valence electrons. The molecule has 2 amide bonds. The van der Waals surface area contributed by atoms with Crippen LogP contribution < -0.4 is 5.32 Å². The molecule has 3 atom stereocenters. The van der Waals surface area contributed by atoms with Gasteiger partial charge in [-0.3, -0.25) is 4.90 Å². The molecule has 2 fully saturated rings. The van der Waals surface area contributed by atoms with Crippen molar-refractivity contribution in [1.29, 1.82) is 0 Å². The van der Waals surface area contributed by atoms with Gasteiger partial charge in [-0.1, -0.05) is 54.6 Å². The van der Waals surface area contributed by atoms with Gasteiger partial charge in [0.15, 0.2) is 0 Å². The normalized spacial score (nSPS) is 22.5. The van der Waals surface area contributed by atoms with E-state index in [9.17, 15) is 14.3 Å². The number of hydrogen-bond acceptors (Lipinski definition) is 3. The number of nitrogens with zero attached hydrogens (tertiary/aromatic N) is 2. The SMILES string of the molecule is Cc1ccccc1-c1ccc([C@H]2[C@H](CO)N3CCCCN(C(=O)Nc4cccc(F)c4)C[C@@H]23)cc1. The molecule has 5 nitrogen and oxygen atoms in total. The van der Waals surface area contributed by atoms with E-state index in [4.69, 9.17) is 0 Å². The molecular formula is C29H32FN3O2. The molecule has 2 heterocycles. The van der Waals surface area contributed by atoms with Gasteiger partial charge in [-0.25, -0.2) is 9.18 Å². The van der Waals surface area contributed by atoms with Gasteiger partial charge in [-0.2, -0.15) is 0 Å². The fourth-order valence-corrected chi connectivity index (χ4v) is 5.68. The smallest absolute Gasteiger partial charge is 0.321 e. The largest absolute Gasteiger partial charge is 0.395 e. The Morgan fingerprint density at radius 1 is 1.03 bits per heavy atom. The molecule has 0 saturated carbocycles. The number of amides is 2. The van der Waals surface area contributed by atoms with E-state index in [0.717, 1.165) is 19.4 Å². The van der Waals surface area contributed by atoms with Gasteiger partial charge < -0.3 is 15.3 Å². The van der Waals surface area contributed by atoms with Crippen LogP contribution in [-0.2, 0) is 0 Å². The molecule has 0 aliphatic carbocycles. The minimum atomic E-state index is -0.374. The Hall–Kier alpha value is -3.22. The topological polar surface area (TPSA) is 55.8 Å². The lowest BCUT2D eigenvalue weighted by molar-refractivity contribution is -0.0585. The van der Waals surface area contributed by atoms with Gasteiger partial charge >= 0.3 is 6.03 Å². The maximum absolute atomic E-state index is 13.6. The highest BCUT2D eigenvalue weighted by Crippen LogP contribution is 2.42. The summed E-state index contributed by atoms with van der Waals surface area (Å²) in [6, 6.07) is 23.0. The Kier molecular flexibility index (Phi) is 6.84. The molecule has 3 aromatic rings. The second kappa shape index (κ2) is 10.2. The van der Waals surface area contributed by atoms with E-state index in [1.807, 2.05) is 11.0 Å². The van der Waals surface area contributed by atoms with Crippen LogP contribution in [0.5, 0.6) is 0 Å². The molecule has 0 aromatic heterocycles. The first-order valence-corrected chi connectivity index (χ1v) is 12.4. The van der Waals surface area contributed by atoms with Crippen molar-refractivity contribution in [3.8, 4) is 11.1 Å². The first-order valence-electron chi connectivity index (χ1n) is 12.4. The standard InChI is InChI=1S/C29H32FN3O2/c1-20-7-2-3-10-25(20)21-11-13-22(14-12-21)28-26-18-32(15-4-5-16-33(26)27(28)19-34)29(35)31-24-9-6-8-23(30)17-24/h2-3,6-14,17,26-28,34H,4-5,15-16,18-19H2,1H3,(H,31,35)/t26-,27-,28+/m0/s1. The Bertz CT molecular complexity index is 1180. The molecule has 0 radical (unpaired) electrons. The fraction of sp³-hybridized carbons (Fsp3) is 0.345. The molecular weight excluding hydrogens is 441 g/mol. The summed E-state index contributed by atoms with van der Waals surface area (Å²) in [5.41, 5.74) is 5.28. The van der Waals surface area contributed by atoms with Crippen molar-refractivity contribution in [3.63, 3.8) is 0 Å². The third-order valence-electron chi connectivity index (χ3n) is 7.48. The number of aryl methyl sites for hydroxylation is 1. The Balaban J connectivity index is 1.35. The fourth-order valence-electron chi connectivity index (χ4n) is 5.68. The number of aliphatic hydroxyl groups excluding tert-OH is 1. The van der Waals surface area contributed by atoms with Gasteiger partial charge in [0.1, 0.15) is 5.82 Å². The van der Waals surface area contributed by atoms with Crippen molar-refractivity contribution >= 4 is 11.7 Å². The number of nitrogens with one attached hydrogen (secondary N) is 1. The van der Waals surface area contributed by atoms with E-state index < -0.39 is 0 Å². The van der Waals surface area contributed by atoms with Gasteiger partial charge in [-0.15, -0.1) is 0 Å². The summed E-state index contributed by atoms with van der Waals surface area (Å²) in [4.78, 5) is 17.3. The average molecular weight is 474 g/mol. The Morgan fingerprint density at radius 3 is 2.54 bits per heavy atom. The van der Waals surface area contributed by atoms with Crippen LogP contribution in [0.25, 0.3) is 11.1 Å². The molecule has 2 aliphatic heterocycles. The number of halogens is 1. The van der Waals surface area contributed by atoms with Crippen LogP contribution in [0.2, 0.25) is 0 Å². The number of urea groups is 1. The molecule has 2 N–H and O–H groups in total. The minimum absolute atomic E-state index is 0.0514. The lowest BCUT2D eigenvalue weighted by atomic mass is 9.74. The van der Waals surface area contributed by atoms with Crippen LogP contribution in [0.15, 0.2) is 72.8 Å². The highest BCUT2D eigenvalue weighted by atomic mass is 19.1. The van der Waals surface area contributed by atoms with Crippen LogP contribution >= 0.6 is 0 Å². The number of fused-ring (bicyclic) bond motifs is 1. The summed E-state index contributed by atoms with van der Waals surface area (Å²) in [6.07, 6.45) is 1.86. The van der Waals surface area contributed by atoms with Crippen LogP contribution in [0, 0.1) is 12.7 Å². The van der Waals surface area contributed by atoms with Crippen LogP contribution in [0.1, 0.15) is 29.9 Å². The predicted octanol–water partition coefficient (Wildman–Crippen LogP) is 5.26. The Labute approximate surface area is 206 Å². The summed E-state index contributed by atoms with van der Waals surface area (Å²) >= 11 is 0. The molecule has 2 saturated heterocycles. The number of carbonyl (C=O) groups is 1. The monoisotopic (exact) mass is 473 g/mol. The zero-order chi connectivity index (χ0) is 24.4. The number of anilines is 1. The van der Waals surface area contributed by atoms with E-state index in [-0.39, 0.29) is 36.5 Å². The van der Waals surface area contributed by atoms with E-state index in [2.05, 4.69) is 59.6 Å². The molecule has 5 rings (SSSR count). The van der Waals surface area contributed by atoms with Crippen molar-refractivity contribution in [3.05, 3.63) is 89.7 Å². The molecule has 0 spiro atoms. The second-order valence-electron chi connectivity index (χ2n) is 9.61. The van der Waals surface area contributed by atoms with Gasteiger partial charge in [0.25, 0.3) is 0 Å². The van der Waals surface area contributed by atoms with E-state index in [1.165, 1.54) is 34.4 Å². The van der Waals surface area contributed by atoms with Crippen molar-refractivity contribution in [2.45, 2.75) is 37.8 Å². The van der Waals surface area contributed by atoms with E-state index in [0.29, 0.717) is 18.8 Å². The van der Waals surface area contributed by atoms with Gasteiger partial charge in [0.05, 0.1) is 6.61 Å². The van der Waals surface area contributed by atoms with Crippen molar-refractivity contribution in [2.24, 2.45) is 0 Å². The third-order valence-corrected chi connectivity index (χ3v) is 7.48. The van der Waals surface area contributed by atoms with Gasteiger partial charge in [0, 0.05) is 36.8 Å². The van der Waals surface area contributed by atoms with E-state index in [1.54, 1.807) is 12.1 Å². The number of hydrogen-bond donors (Lipinski definition) is 2. The highest BCUT2D eigenvalue weighted by molar-refractivity contribution is 5.89. The molecule has 35 heavy (non-hydrogen) atoms. The van der Waals surface area contributed by atoms with Crippen molar-refractivity contribution in [1.82, 2.24) is 9.80 Å². The van der Waals surface area contributed by atoms with Crippen molar-refractivity contribution in [2.75, 3.05) is 31.6 Å². The summed E-state index contributed by atoms with van der Waals surface area (Å²) in [5.74, 6) is -0.228. The molecule has 0 bridgehead atoms. The van der Waals surface area contributed by atoms with Gasteiger partial charge in [-0.05, 0) is 66.8 Å². The summed E-state index contributed by atoms with van der Waals surface area (Å²) in [5, 5.41) is 13.1. The zero-order valence-electron chi connectivity index (χ0n) is 20.0. The molecule has 0 unspecified atom stereocenters. The van der Waals surface area contributed by atoms with Crippen LogP contribution in [-0.4, -0.2) is 59.3 Å². The molecule has 2 aliphatic rings. The number of aliphatic hydroxyl groups is 1. The van der Waals surface area contributed by atoms with Gasteiger partial charge in [0.2, 0.25) is 0 Å². The maximum atomic E-state index is 13.6. The first kappa shape index (κ1) is 23.5. The molecule has 6 heteroatoms. The van der Waals surface area contributed by atoms with E-state index >= 15 is 0 Å². The quantitative estimate of drug-likeness (QED) is 0.544. The highest BCUT2D eigenvalue weighted by Gasteiger charge is 2.49. The maximum Gasteiger partial charge on any atom is 0.321 e. The number of benzene rings is 3. The average Bonchev–Trinajstić information content (AvgIpc) is 2.84. The summed E-state index contributed by atoms with van der Waals surface area (Å²) < 4.78 is 13.6. The minimum Gasteiger partial charge on any atom is -0.395 e. The number of carbonyl (C=O) groups excluding carboxylic acids is 1. The third kappa shape index (κ3) is 4.81. The zero-order valence-corrected chi connectivity index (χ0v) is 20.0. The van der Waals surface area contributed by atoms with Crippen molar-refractivity contribution < 1.29 is 14.3 Å². The predicted molar refractivity (Wildman–Crippen MR) is 137 cm³/mol. The lowest BCUT2D eigenvalue weighted by Gasteiger charge is -2.57. The Morgan fingerprint density at radius 2 is 1.80 bits per heavy atom. The second-order valence-corrected chi connectivity index (χ2v) is 9.61. The number of rotatable bonds is 4. The van der Waals surface area contributed by atoms with Crippen LogP contribution in [0.3, 0.4) is 0 Å². The first-order chi connectivity index (χ1) is 17.0. The summed E-state index contributed by atoms with van der Waals surface area (Å²) in [7, 11) is 0. The van der Waals surface area contributed by atoms with Crippen LogP contribution in [0.4, 0.5) is 14.9 Å².